The van der Waals surface area contributed by atoms with Crippen LogP contribution in [0.3, 0.4) is 0 Å². The third-order valence-corrected chi connectivity index (χ3v) is 3.24. The van der Waals surface area contributed by atoms with Gasteiger partial charge in [0.05, 0.1) is 18.1 Å². The highest BCUT2D eigenvalue weighted by atomic mass is 35.5. The Balaban J connectivity index is 2.32. The second-order valence-electron chi connectivity index (χ2n) is 4.24. The van der Waals surface area contributed by atoms with E-state index in [1.807, 2.05) is 36.4 Å². The number of imidazole rings is 1. The van der Waals surface area contributed by atoms with Crippen LogP contribution in [0.4, 0.5) is 4.79 Å². The van der Waals surface area contributed by atoms with Crippen LogP contribution in [0.15, 0.2) is 48.5 Å². The molecule has 0 unspecified atom stereocenters. The van der Waals surface area contributed by atoms with Crippen molar-refractivity contribution in [2.45, 2.75) is 0 Å². The first-order chi connectivity index (χ1) is 9.70. The molecule has 0 bridgehead atoms. The Morgan fingerprint density at radius 1 is 1.20 bits per heavy atom. The molecule has 3 aromatic rings. The molecule has 0 saturated carbocycles. The number of benzene rings is 2. The largest absolute Gasteiger partial charge is 0.452 e. The van der Waals surface area contributed by atoms with Crippen LogP contribution in [0.25, 0.3) is 22.4 Å². The highest BCUT2D eigenvalue weighted by Crippen LogP contribution is 2.26. The third-order valence-electron chi connectivity index (χ3n) is 3.00. The van der Waals surface area contributed by atoms with E-state index in [-0.39, 0.29) is 0 Å². The second kappa shape index (κ2) is 4.98. The highest BCUT2D eigenvalue weighted by molar-refractivity contribution is 6.30. The standard InChI is InChI=1S/C15H11ClN2O2/c1-20-15(19)18-13-8-3-2-7-12(13)17-14(18)10-5-4-6-11(16)9-10/h2-9H,1H3. The number of carbonyl (C=O) groups excluding carboxylic acids is 1. The van der Waals surface area contributed by atoms with Crippen molar-refractivity contribution in [1.82, 2.24) is 9.55 Å². The molecule has 0 amide bonds. The van der Waals surface area contributed by atoms with E-state index < -0.39 is 6.09 Å². The van der Waals surface area contributed by atoms with Crippen LogP contribution in [0.2, 0.25) is 5.02 Å². The van der Waals surface area contributed by atoms with Crippen molar-refractivity contribution in [3.8, 4) is 11.4 Å². The monoisotopic (exact) mass is 286 g/mol. The number of fused-ring (bicyclic) bond motifs is 1. The number of aromatic nitrogens is 2. The van der Waals surface area contributed by atoms with Gasteiger partial charge in [0.25, 0.3) is 0 Å². The Morgan fingerprint density at radius 3 is 2.75 bits per heavy atom. The molecule has 1 heterocycles. The van der Waals surface area contributed by atoms with Crippen molar-refractivity contribution in [2.75, 3.05) is 7.11 Å². The Morgan fingerprint density at radius 2 is 2.00 bits per heavy atom. The fourth-order valence-corrected chi connectivity index (χ4v) is 2.31. The molecular formula is C15H11ClN2O2. The van der Waals surface area contributed by atoms with E-state index >= 15 is 0 Å². The van der Waals surface area contributed by atoms with Crippen molar-refractivity contribution in [2.24, 2.45) is 0 Å². The molecule has 3 rings (SSSR count). The van der Waals surface area contributed by atoms with E-state index in [1.54, 1.807) is 12.1 Å². The molecule has 20 heavy (non-hydrogen) atoms. The van der Waals surface area contributed by atoms with Gasteiger partial charge in [-0.05, 0) is 24.3 Å². The summed E-state index contributed by atoms with van der Waals surface area (Å²) in [6.07, 6.45) is -0.478. The van der Waals surface area contributed by atoms with Crippen LogP contribution in [-0.2, 0) is 4.74 Å². The number of methoxy groups -OCH3 is 1. The van der Waals surface area contributed by atoms with Gasteiger partial charge in [0.1, 0.15) is 0 Å². The topological polar surface area (TPSA) is 44.1 Å². The Labute approximate surface area is 120 Å². The highest BCUT2D eigenvalue weighted by Gasteiger charge is 2.18. The van der Waals surface area contributed by atoms with Crippen molar-refractivity contribution in [3.63, 3.8) is 0 Å². The number of ether oxygens (including phenoxy) is 1. The number of nitrogens with zero attached hydrogens (tertiary/aromatic N) is 2. The van der Waals surface area contributed by atoms with Gasteiger partial charge in [0, 0.05) is 10.6 Å². The minimum Gasteiger partial charge on any atom is -0.452 e. The first-order valence-corrected chi connectivity index (χ1v) is 6.40. The molecule has 0 aliphatic carbocycles. The molecule has 0 radical (unpaired) electrons. The summed E-state index contributed by atoms with van der Waals surface area (Å²) >= 11 is 6.01. The molecule has 1 aromatic heterocycles. The first-order valence-electron chi connectivity index (χ1n) is 6.02. The van der Waals surface area contributed by atoms with Crippen molar-refractivity contribution in [3.05, 3.63) is 53.6 Å². The maximum Gasteiger partial charge on any atom is 0.419 e. The van der Waals surface area contributed by atoms with E-state index in [1.165, 1.54) is 11.7 Å². The zero-order chi connectivity index (χ0) is 14.1. The summed E-state index contributed by atoms with van der Waals surface area (Å²) in [6, 6.07) is 14.6. The predicted octanol–water partition coefficient (Wildman–Crippen LogP) is 3.97. The van der Waals surface area contributed by atoms with Crippen LogP contribution >= 0.6 is 11.6 Å². The molecule has 0 fully saturated rings. The molecular weight excluding hydrogens is 276 g/mol. The van der Waals surface area contributed by atoms with Gasteiger partial charge in [-0.3, -0.25) is 0 Å². The Bertz CT molecular complexity index is 795. The van der Waals surface area contributed by atoms with E-state index in [0.717, 1.165) is 11.1 Å². The average Bonchev–Trinajstić information content (AvgIpc) is 2.86. The minimum absolute atomic E-state index is 0.478. The Kier molecular flexibility index (Phi) is 3.16. The zero-order valence-electron chi connectivity index (χ0n) is 10.7. The number of para-hydroxylation sites is 2. The summed E-state index contributed by atoms with van der Waals surface area (Å²) < 4.78 is 6.29. The maximum absolute atomic E-state index is 12.0. The van der Waals surface area contributed by atoms with Gasteiger partial charge in [-0.15, -0.1) is 0 Å². The number of carbonyl (C=O) groups is 1. The molecule has 0 saturated heterocycles. The number of halogens is 1. The van der Waals surface area contributed by atoms with Crippen LogP contribution in [-0.4, -0.2) is 22.8 Å². The lowest BCUT2D eigenvalue weighted by Gasteiger charge is -2.06. The number of rotatable bonds is 1. The van der Waals surface area contributed by atoms with Crippen molar-refractivity contribution < 1.29 is 9.53 Å². The second-order valence-corrected chi connectivity index (χ2v) is 4.68. The SMILES string of the molecule is COC(=O)n1c(-c2cccc(Cl)c2)nc2ccccc21. The average molecular weight is 287 g/mol. The number of hydrogen-bond acceptors (Lipinski definition) is 3. The minimum atomic E-state index is -0.478. The molecule has 0 N–H and O–H groups in total. The molecule has 100 valence electrons. The van der Waals surface area contributed by atoms with Crippen molar-refractivity contribution in [1.29, 1.82) is 0 Å². The van der Waals surface area contributed by atoms with Gasteiger partial charge in [0.15, 0.2) is 5.82 Å². The molecule has 0 atom stereocenters. The summed E-state index contributed by atoms with van der Waals surface area (Å²) in [5.74, 6) is 0.514. The predicted molar refractivity (Wildman–Crippen MR) is 78.0 cm³/mol. The van der Waals surface area contributed by atoms with Crippen LogP contribution in [0.1, 0.15) is 0 Å². The van der Waals surface area contributed by atoms with Gasteiger partial charge in [-0.25, -0.2) is 14.3 Å². The van der Waals surface area contributed by atoms with E-state index in [9.17, 15) is 4.79 Å². The summed E-state index contributed by atoms with van der Waals surface area (Å²) in [5.41, 5.74) is 2.20. The van der Waals surface area contributed by atoms with E-state index in [4.69, 9.17) is 16.3 Å². The molecule has 2 aromatic carbocycles. The molecule has 0 aliphatic heterocycles. The Hall–Kier alpha value is -2.33. The molecule has 0 aliphatic rings. The summed E-state index contributed by atoms with van der Waals surface area (Å²) in [6.45, 7) is 0. The maximum atomic E-state index is 12.0. The molecule has 4 nitrogen and oxygen atoms in total. The van der Waals surface area contributed by atoms with Gasteiger partial charge < -0.3 is 4.74 Å². The third kappa shape index (κ3) is 2.04. The van der Waals surface area contributed by atoms with Crippen LogP contribution in [0, 0.1) is 0 Å². The van der Waals surface area contributed by atoms with Gasteiger partial charge in [-0.1, -0.05) is 35.9 Å². The quantitative estimate of drug-likeness (QED) is 0.680. The molecule has 0 spiro atoms. The smallest absolute Gasteiger partial charge is 0.419 e. The van der Waals surface area contributed by atoms with Crippen LogP contribution in [0.5, 0.6) is 0 Å². The lowest BCUT2D eigenvalue weighted by atomic mass is 10.2. The normalized spacial score (nSPS) is 10.7. The summed E-state index contributed by atoms with van der Waals surface area (Å²) in [4.78, 5) is 16.5. The van der Waals surface area contributed by atoms with E-state index in [0.29, 0.717) is 16.4 Å². The van der Waals surface area contributed by atoms with Crippen molar-refractivity contribution >= 4 is 28.7 Å². The summed E-state index contributed by atoms with van der Waals surface area (Å²) in [5, 5.41) is 0.589. The fraction of sp³-hybridized carbons (Fsp3) is 0.0667. The zero-order valence-corrected chi connectivity index (χ0v) is 11.5. The summed E-state index contributed by atoms with van der Waals surface area (Å²) in [7, 11) is 1.35. The van der Waals surface area contributed by atoms with Gasteiger partial charge in [0.2, 0.25) is 0 Å². The van der Waals surface area contributed by atoms with Gasteiger partial charge in [-0.2, -0.15) is 0 Å². The number of hydrogen-bond donors (Lipinski definition) is 0. The lowest BCUT2D eigenvalue weighted by Crippen LogP contribution is -2.12. The van der Waals surface area contributed by atoms with Gasteiger partial charge >= 0.3 is 6.09 Å². The van der Waals surface area contributed by atoms with E-state index in [2.05, 4.69) is 4.98 Å². The fourth-order valence-electron chi connectivity index (χ4n) is 2.12. The van der Waals surface area contributed by atoms with Crippen LogP contribution < -0.4 is 0 Å². The molecule has 5 heteroatoms. The lowest BCUT2D eigenvalue weighted by molar-refractivity contribution is 0.174. The first kappa shape index (κ1) is 12.7.